The van der Waals surface area contributed by atoms with Crippen LogP contribution in [0.1, 0.15) is 30.3 Å². The van der Waals surface area contributed by atoms with E-state index in [-0.39, 0.29) is 36.1 Å². The van der Waals surface area contributed by atoms with E-state index in [4.69, 9.17) is 13.9 Å². The first-order chi connectivity index (χ1) is 12.6. The minimum absolute atomic E-state index is 0. The highest BCUT2D eigenvalue weighted by Crippen LogP contribution is 2.35. The second kappa shape index (κ2) is 9.49. The molecule has 9 heteroatoms. The van der Waals surface area contributed by atoms with Crippen molar-refractivity contribution in [3.05, 3.63) is 30.3 Å². The maximum absolute atomic E-state index is 12.7. The smallest absolute Gasteiger partial charge is 0.273 e. The van der Waals surface area contributed by atoms with Crippen molar-refractivity contribution in [2.75, 3.05) is 32.8 Å². The van der Waals surface area contributed by atoms with E-state index in [0.29, 0.717) is 42.7 Å². The van der Waals surface area contributed by atoms with Crippen LogP contribution >= 0.6 is 24.8 Å². The lowest BCUT2D eigenvalue weighted by molar-refractivity contribution is 0.0918. The normalized spacial score (nSPS) is 17.0. The predicted molar refractivity (Wildman–Crippen MR) is 110 cm³/mol. The molecule has 0 saturated carbocycles. The Morgan fingerprint density at radius 3 is 2.64 bits per heavy atom. The molecule has 2 aliphatic rings. The Bertz CT molecular complexity index is 806. The highest BCUT2D eigenvalue weighted by atomic mass is 35.5. The quantitative estimate of drug-likeness (QED) is 0.776. The SMILES string of the molecule is CC1(CNC(=O)c2ncoc2-c2ccc3c(c2)OCCO3)CCNCC1.Cl.Cl. The molecule has 0 radical (unpaired) electrons. The summed E-state index contributed by atoms with van der Waals surface area (Å²) in [6.45, 7) is 5.85. The van der Waals surface area contributed by atoms with Crippen molar-refractivity contribution < 1.29 is 18.7 Å². The van der Waals surface area contributed by atoms with Gasteiger partial charge < -0.3 is 24.5 Å². The summed E-state index contributed by atoms with van der Waals surface area (Å²) in [5.74, 6) is 1.57. The fourth-order valence-electron chi connectivity index (χ4n) is 3.38. The lowest BCUT2D eigenvalue weighted by Crippen LogP contribution is -2.43. The summed E-state index contributed by atoms with van der Waals surface area (Å²) < 4.78 is 16.6. The van der Waals surface area contributed by atoms with Gasteiger partial charge in [-0.25, -0.2) is 4.98 Å². The van der Waals surface area contributed by atoms with E-state index in [1.165, 1.54) is 6.39 Å². The summed E-state index contributed by atoms with van der Waals surface area (Å²) in [5, 5.41) is 6.37. The number of amides is 1. The zero-order chi connectivity index (χ0) is 18.0. The van der Waals surface area contributed by atoms with Crippen molar-refractivity contribution >= 4 is 30.7 Å². The Kier molecular flexibility index (Phi) is 7.57. The average molecular weight is 430 g/mol. The Balaban J connectivity index is 0.00000140. The number of benzene rings is 1. The molecule has 2 N–H and O–H groups in total. The van der Waals surface area contributed by atoms with E-state index in [0.717, 1.165) is 31.5 Å². The molecule has 0 bridgehead atoms. The number of rotatable bonds is 4. The van der Waals surface area contributed by atoms with E-state index in [1.807, 2.05) is 18.2 Å². The van der Waals surface area contributed by atoms with Gasteiger partial charge in [0.15, 0.2) is 29.3 Å². The van der Waals surface area contributed by atoms with Crippen LogP contribution in [-0.2, 0) is 0 Å². The van der Waals surface area contributed by atoms with Gasteiger partial charge in [0.25, 0.3) is 5.91 Å². The lowest BCUT2D eigenvalue weighted by atomic mass is 9.81. The van der Waals surface area contributed by atoms with Crippen LogP contribution in [0.15, 0.2) is 29.0 Å². The van der Waals surface area contributed by atoms with Gasteiger partial charge in [-0.1, -0.05) is 6.92 Å². The summed E-state index contributed by atoms with van der Waals surface area (Å²) in [6.07, 6.45) is 3.38. The number of hydrogen-bond donors (Lipinski definition) is 2. The molecule has 28 heavy (non-hydrogen) atoms. The lowest BCUT2D eigenvalue weighted by Gasteiger charge is -2.34. The van der Waals surface area contributed by atoms with Crippen LogP contribution in [-0.4, -0.2) is 43.7 Å². The van der Waals surface area contributed by atoms with Gasteiger partial charge in [0.1, 0.15) is 13.2 Å². The third kappa shape index (κ3) is 4.71. The van der Waals surface area contributed by atoms with Gasteiger partial charge in [-0.2, -0.15) is 0 Å². The first-order valence-corrected chi connectivity index (χ1v) is 8.97. The van der Waals surface area contributed by atoms with Crippen molar-refractivity contribution in [3.63, 3.8) is 0 Å². The fourth-order valence-corrected chi connectivity index (χ4v) is 3.38. The van der Waals surface area contributed by atoms with Gasteiger partial charge >= 0.3 is 0 Å². The summed E-state index contributed by atoms with van der Waals surface area (Å²) in [6, 6.07) is 5.49. The third-order valence-electron chi connectivity index (χ3n) is 5.07. The van der Waals surface area contributed by atoms with Crippen LogP contribution in [0.4, 0.5) is 0 Å². The van der Waals surface area contributed by atoms with Crippen molar-refractivity contribution in [2.24, 2.45) is 5.41 Å². The summed E-state index contributed by atoms with van der Waals surface area (Å²) in [5.41, 5.74) is 1.14. The topological polar surface area (TPSA) is 85.6 Å². The number of carbonyl (C=O) groups excluding carboxylic acids is 1. The van der Waals surface area contributed by atoms with Crippen molar-refractivity contribution in [1.29, 1.82) is 0 Å². The molecular weight excluding hydrogens is 405 g/mol. The Hall–Kier alpha value is -1.96. The van der Waals surface area contributed by atoms with E-state index >= 15 is 0 Å². The maximum Gasteiger partial charge on any atom is 0.273 e. The Morgan fingerprint density at radius 1 is 1.18 bits per heavy atom. The molecule has 1 saturated heterocycles. The predicted octanol–water partition coefficient (Wildman–Crippen LogP) is 3.08. The van der Waals surface area contributed by atoms with Crippen LogP contribution in [0.5, 0.6) is 11.5 Å². The van der Waals surface area contributed by atoms with E-state index < -0.39 is 0 Å². The zero-order valence-corrected chi connectivity index (χ0v) is 17.3. The minimum Gasteiger partial charge on any atom is -0.486 e. The number of aromatic nitrogens is 1. The van der Waals surface area contributed by atoms with Crippen LogP contribution in [0, 0.1) is 5.41 Å². The number of piperidine rings is 1. The average Bonchev–Trinajstić information content (AvgIpc) is 3.16. The molecule has 1 aromatic heterocycles. The molecule has 1 aromatic carbocycles. The molecule has 154 valence electrons. The third-order valence-corrected chi connectivity index (χ3v) is 5.07. The molecular formula is C19H25Cl2N3O4. The van der Waals surface area contributed by atoms with Crippen molar-refractivity contribution in [2.45, 2.75) is 19.8 Å². The Labute approximate surface area is 176 Å². The molecule has 0 spiro atoms. The van der Waals surface area contributed by atoms with Crippen LogP contribution < -0.4 is 20.1 Å². The second-order valence-electron chi connectivity index (χ2n) is 7.13. The molecule has 1 fully saturated rings. The van der Waals surface area contributed by atoms with E-state index in [9.17, 15) is 4.79 Å². The zero-order valence-electron chi connectivity index (χ0n) is 15.7. The summed E-state index contributed by atoms with van der Waals surface area (Å²) in [4.78, 5) is 16.8. The van der Waals surface area contributed by atoms with E-state index in [2.05, 4.69) is 22.5 Å². The number of ether oxygens (including phenoxy) is 2. The first-order valence-electron chi connectivity index (χ1n) is 8.97. The fraction of sp³-hybridized carbons (Fsp3) is 0.474. The van der Waals surface area contributed by atoms with Crippen molar-refractivity contribution in [1.82, 2.24) is 15.6 Å². The maximum atomic E-state index is 12.7. The van der Waals surface area contributed by atoms with Gasteiger partial charge in [0.05, 0.1) is 0 Å². The highest BCUT2D eigenvalue weighted by molar-refractivity contribution is 5.97. The summed E-state index contributed by atoms with van der Waals surface area (Å²) >= 11 is 0. The molecule has 3 heterocycles. The monoisotopic (exact) mass is 429 g/mol. The first kappa shape index (κ1) is 22.3. The number of hydrogen-bond acceptors (Lipinski definition) is 6. The molecule has 0 aliphatic carbocycles. The number of nitrogens with zero attached hydrogens (tertiary/aromatic N) is 1. The molecule has 1 amide bonds. The number of oxazole rings is 1. The number of nitrogens with one attached hydrogen (secondary N) is 2. The van der Waals surface area contributed by atoms with Gasteiger partial charge in [-0.15, -0.1) is 24.8 Å². The van der Waals surface area contributed by atoms with Crippen molar-refractivity contribution in [3.8, 4) is 22.8 Å². The molecule has 2 aromatic rings. The van der Waals surface area contributed by atoms with Crippen LogP contribution in [0.25, 0.3) is 11.3 Å². The van der Waals surface area contributed by atoms with Gasteiger partial charge in [0.2, 0.25) is 0 Å². The number of halogens is 2. The van der Waals surface area contributed by atoms with Crippen LogP contribution in [0.2, 0.25) is 0 Å². The molecule has 0 unspecified atom stereocenters. The Morgan fingerprint density at radius 2 is 1.89 bits per heavy atom. The molecule has 2 aliphatic heterocycles. The van der Waals surface area contributed by atoms with Crippen LogP contribution in [0.3, 0.4) is 0 Å². The minimum atomic E-state index is -0.219. The second-order valence-corrected chi connectivity index (χ2v) is 7.13. The number of fused-ring (bicyclic) bond motifs is 1. The van der Waals surface area contributed by atoms with E-state index in [1.54, 1.807) is 0 Å². The molecule has 4 rings (SSSR count). The largest absolute Gasteiger partial charge is 0.486 e. The van der Waals surface area contributed by atoms with Gasteiger partial charge in [-0.3, -0.25) is 4.79 Å². The highest BCUT2D eigenvalue weighted by Gasteiger charge is 2.28. The number of carbonyl (C=O) groups is 1. The molecule has 7 nitrogen and oxygen atoms in total. The molecule has 0 atom stereocenters. The summed E-state index contributed by atoms with van der Waals surface area (Å²) in [7, 11) is 0. The van der Waals surface area contributed by atoms with Gasteiger partial charge in [0, 0.05) is 12.1 Å². The van der Waals surface area contributed by atoms with Gasteiger partial charge in [-0.05, 0) is 49.5 Å². The standard InChI is InChI=1S/C19H23N3O4.2ClH/c1-19(4-6-20-7-5-19)11-21-18(23)16-17(26-12-22-16)13-2-3-14-15(10-13)25-9-8-24-14;;/h2-3,10,12,20H,4-9,11H2,1H3,(H,21,23);2*1H.